The Bertz CT molecular complexity index is 971. The Kier molecular flexibility index (Phi) is 6.18. The fourth-order valence-electron chi connectivity index (χ4n) is 4.43. The average molecular weight is 448 g/mol. The van der Waals surface area contributed by atoms with Gasteiger partial charge in [0.1, 0.15) is 6.10 Å². The van der Waals surface area contributed by atoms with Gasteiger partial charge in [0.2, 0.25) is 0 Å². The molecule has 1 amide bonds. The van der Waals surface area contributed by atoms with E-state index in [0.717, 1.165) is 23.4 Å². The fourth-order valence-corrected chi connectivity index (χ4v) is 4.43. The minimum absolute atomic E-state index is 0.215. The molecule has 2 aliphatic heterocycles. The lowest BCUT2D eigenvalue weighted by Gasteiger charge is -2.39. The number of amides is 1. The van der Waals surface area contributed by atoms with Crippen molar-refractivity contribution in [3.8, 4) is 0 Å². The van der Waals surface area contributed by atoms with Gasteiger partial charge in [0, 0.05) is 25.3 Å². The maximum atomic E-state index is 13.0. The first-order chi connectivity index (χ1) is 15.1. The molecule has 8 heteroatoms. The zero-order chi connectivity index (χ0) is 22.9. The Balaban J connectivity index is 1.30. The van der Waals surface area contributed by atoms with Crippen LogP contribution in [0.15, 0.2) is 48.5 Å². The monoisotopic (exact) mass is 448 g/mol. The molecule has 0 bridgehead atoms. The first-order valence-electron chi connectivity index (χ1n) is 10.8. The smallest absolute Gasteiger partial charge is 0.416 e. The van der Waals surface area contributed by atoms with Crippen molar-refractivity contribution in [1.29, 1.82) is 0 Å². The van der Waals surface area contributed by atoms with Crippen LogP contribution in [-0.4, -0.2) is 48.4 Å². The normalized spacial score (nSPS) is 21.6. The number of rotatable bonds is 5. The molecule has 2 heterocycles. The number of alkyl halides is 3. The highest BCUT2D eigenvalue weighted by atomic mass is 19.4. The number of piperidine rings is 1. The Labute approximate surface area is 185 Å². The van der Waals surface area contributed by atoms with Crippen LogP contribution in [0.1, 0.15) is 36.0 Å². The number of hydrogen-bond acceptors (Lipinski definition) is 4. The van der Waals surface area contributed by atoms with Crippen molar-refractivity contribution >= 4 is 11.8 Å². The molecule has 172 valence electrons. The van der Waals surface area contributed by atoms with E-state index in [9.17, 15) is 23.1 Å². The molecule has 1 N–H and O–H groups in total. The van der Waals surface area contributed by atoms with E-state index in [1.165, 1.54) is 6.07 Å². The summed E-state index contributed by atoms with van der Waals surface area (Å²) in [5, 5.41) is 11.0. The zero-order valence-corrected chi connectivity index (χ0v) is 17.9. The minimum Gasteiger partial charge on any atom is -0.444 e. The lowest BCUT2D eigenvalue weighted by molar-refractivity contribution is -0.137. The number of benzene rings is 2. The number of cyclic esters (lactones) is 1. The molecular weight excluding hydrogens is 421 g/mol. The zero-order valence-electron chi connectivity index (χ0n) is 17.9. The third kappa shape index (κ3) is 4.91. The molecule has 0 aliphatic carbocycles. The summed E-state index contributed by atoms with van der Waals surface area (Å²) in [6, 6.07) is 12.7. The molecule has 2 aromatic carbocycles. The maximum absolute atomic E-state index is 13.0. The molecule has 2 fully saturated rings. The fraction of sp³-hybridized carbons (Fsp3) is 0.458. The van der Waals surface area contributed by atoms with Crippen molar-refractivity contribution in [3.63, 3.8) is 0 Å². The lowest BCUT2D eigenvalue weighted by atomic mass is 9.83. The van der Waals surface area contributed by atoms with E-state index in [1.54, 1.807) is 11.0 Å². The first-order valence-corrected chi connectivity index (χ1v) is 10.8. The molecule has 5 nitrogen and oxygen atoms in total. The summed E-state index contributed by atoms with van der Waals surface area (Å²) in [4.78, 5) is 16.1. The molecule has 1 unspecified atom stereocenters. The van der Waals surface area contributed by atoms with Crippen LogP contribution in [0, 0.1) is 6.92 Å². The molecule has 0 spiro atoms. The quantitative estimate of drug-likeness (QED) is 0.720. The number of carbonyl (C=O) groups is 1. The van der Waals surface area contributed by atoms with E-state index in [-0.39, 0.29) is 12.2 Å². The Morgan fingerprint density at radius 2 is 1.84 bits per heavy atom. The third-order valence-electron chi connectivity index (χ3n) is 6.37. The van der Waals surface area contributed by atoms with Gasteiger partial charge < -0.3 is 14.7 Å². The van der Waals surface area contributed by atoms with E-state index in [1.807, 2.05) is 31.2 Å². The Hall–Kier alpha value is -2.58. The summed E-state index contributed by atoms with van der Waals surface area (Å²) < 4.78 is 44.6. The van der Waals surface area contributed by atoms with Gasteiger partial charge in [0.25, 0.3) is 0 Å². The molecule has 2 aliphatic rings. The number of aliphatic hydroxyl groups is 1. The molecule has 0 aromatic heterocycles. The summed E-state index contributed by atoms with van der Waals surface area (Å²) in [5.41, 5.74) is 0.194. The van der Waals surface area contributed by atoms with E-state index in [2.05, 4.69) is 4.90 Å². The van der Waals surface area contributed by atoms with E-state index in [4.69, 9.17) is 4.74 Å². The van der Waals surface area contributed by atoms with Gasteiger partial charge >= 0.3 is 12.3 Å². The van der Waals surface area contributed by atoms with Crippen molar-refractivity contribution in [2.45, 2.75) is 44.1 Å². The number of halogens is 3. The molecular formula is C24H27F3N2O3. The van der Waals surface area contributed by atoms with Gasteiger partial charge in [-0.05, 0) is 61.6 Å². The van der Waals surface area contributed by atoms with Crippen molar-refractivity contribution < 1.29 is 27.8 Å². The average Bonchev–Trinajstić information content (AvgIpc) is 3.13. The van der Waals surface area contributed by atoms with Crippen LogP contribution in [0.5, 0.6) is 0 Å². The number of anilines is 1. The van der Waals surface area contributed by atoms with Crippen LogP contribution in [0.25, 0.3) is 0 Å². The van der Waals surface area contributed by atoms with E-state index < -0.39 is 17.3 Å². The van der Waals surface area contributed by atoms with E-state index >= 15 is 0 Å². The summed E-state index contributed by atoms with van der Waals surface area (Å²) in [7, 11) is 0. The van der Waals surface area contributed by atoms with Crippen LogP contribution in [0.2, 0.25) is 0 Å². The highest BCUT2D eigenvalue weighted by Crippen LogP contribution is 2.37. The molecule has 32 heavy (non-hydrogen) atoms. The first kappa shape index (κ1) is 22.6. The standard InChI is InChI=1S/C24H27F3N2O3/c1-17-4-2-7-20(14-17)29-16-21(32-22(29)30)8-11-28-12-9-23(31,10-13-28)18-5-3-6-19(15-18)24(25,26)27/h2-7,14-15,21,31H,8-13,16H2,1H3. The Morgan fingerprint density at radius 3 is 2.53 bits per heavy atom. The second-order valence-corrected chi connectivity index (χ2v) is 8.70. The second kappa shape index (κ2) is 8.75. The topological polar surface area (TPSA) is 53.0 Å². The van der Waals surface area contributed by atoms with Crippen LogP contribution >= 0.6 is 0 Å². The van der Waals surface area contributed by atoms with Gasteiger partial charge in [-0.1, -0.05) is 24.3 Å². The van der Waals surface area contributed by atoms with Crippen molar-refractivity contribution in [2.75, 3.05) is 31.1 Å². The largest absolute Gasteiger partial charge is 0.444 e. The van der Waals surface area contributed by atoms with Crippen LogP contribution < -0.4 is 4.90 Å². The van der Waals surface area contributed by atoms with Gasteiger partial charge in [0.05, 0.1) is 17.7 Å². The van der Waals surface area contributed by atoms with Gasteiger partial charge in [0.15, 0.2) is 0 Å². The summed E-state index contributed by atoms with van der Waals surface area (Å²) in [5.74, 6) is 0. The van der Waals surface area contributed by atoms with Crippen LogP contribution in [0.3, 0.4) is 0 Å². The SMILES string of the molecule is Cc1cccc(N2CC(CCN3CCC(O)(c4cccc(C(F)(F)F)c4)CC3)OC2=O)c1. The summed E-state index contributed by atoms with van der Waals surface area (Å²) in [6.45, 7) is 4.28. The molecule has 0 radical (unpaired) electrons. The Morgan fingerprint density at radius 1 is 1.12 bits per heavy atom. The lowest BCUT2D eigenvalue weighted by Crippen LogP contribution is -2.43. The molecule has 4 rings (SSSR count). The van der Waals surface area contributed by atoms with E-state index in [0.29, 0.717) is 51.0 Å². The number of ether oxygens (including phenoxy) is 1. The van der Waals surface area contributed by atoms with Gasteiger partial charge in [-0.3, -0.25) is 4.90 Å². The predicted molar refractivity (Wildman–Crippen MR) is 114 cm³/mol. The summed E-state index contributed by atoms with van der Waals surface area (Å²) in [6.07, 6.45) is -3.62. The molecule has 1 atom stereocenters. The van der Waals surface area contributed by atoms with Crippen LogP contribution in [-0.2, 0) is 16.5 Å². The van der Waals surface area contributed by atoms with Gasteiger partial charge in [-0.25, -0.2) is 4.79 Å². The minimum atomic E-state index is -4.43. The van der Waals surface area contributed by atoms with Gasteiger partial charge in [-0.2, -0.15) is 13.2 Å². The second-order valence-electron chi connectivity index (χ2n) is 8.70. The molecule has 0 saturated carbocycles. The number of nitrogens with zero attached hydrogens (tertiary/aromatic N) is 2. The number of carbonyl (C=O) groups excluding carboxylic acids is 1. The number of aryl methyl sites for hydroxylation is 1. The third-order valence-corrected chi connectivity index (χ3v) is 6.37. The molecule has 2 aromatic rings. The summed E-state index contributed by atoms with van der Waals surface area (Å²) >= 11 is 0. The predicted octanol–water partition coefficient (Wildman–Crippen LogP) is 4.71. The number of hydrogen-bond donors (Lipinski definition) is 1. The van der Waals surface area contributed by atoms with Gasteiger partial charge in [-0.15, -0.1) is 0 Å². The molecule has 2 saturated heterocycles. The highest BCUT2D eigenvalue weighted by Gasteiger charge is 2.38. The maximum Gasteiger partial charge on any atom is 0.416 e. The van der Waals surface area contributed by atoms with Crippen LogP contribution in [0.4, 0.5) is 23.7 Å². The van der Waals surface area contributed by atoms with Crippen molar-refractivity contribution in [2.24, 2.45) is 0 Å². The number of likely N-dealkylation sites (tertiary alicyclic amines) is 1. The van der Waals surface area contributed by atoms with Crippen molar-refractivity contribution in [3.05, 3.63) is 65.2 Å². The highest BCUT2D eigenvalue weighted by molar-refractivity contribution is 5.89. The van der Waals surface area contributed by atoms with Crippen molar-refractivity contribution in [1.82, 2.24) is 4.90 Å².